The van der Waals surface area contributed by atoms with E-state index in [1.54, 1.807) is 0 Å². The molecule has 152 valence electrons. The molecule has 0 aromatic carbocycles. The number of anilines is 1. The van der Waals surface area contributed by atoms with Crippen molar-refractivity contribution in [3.8, 4) is 0 Å². The van der Waals surface area contributed by atoms with Crippen molar-refractivity contribution in [3.05, 3.63) is 48.6 Å². The Morgan fingerprint density at radius 1 is 0.964 bits per heavy atom. The molecule has 28 heavy (non-hydrogen) atoms. The Balaban J connectivity index is 1.29. The Bertz CT molecular complexity index is 667. The summed E-state index contributed by atoms with van der Waals surface area (Å²) in [6.45, 7) is 10.3. The number of piperidine rings is 2. The van der Waals surface area contributed by atoms with Crippen molar-refractivity contribution in [1.29, 1.82) is 0 Å². The monoisotopic (exact) mass is 381 g/mol. The lowest BCUT2D eigenvalue weighted by Crippen LogP contribution is -2.51. The van der Waals surface area contributed by atoms with Crippen molar-refractivity contribution >= 4 is 5.69 Å². The maximum absolute atomic E-state index is 4.17. The molecule has 2 fully saturated rings. The van der Waals surface area contributed by atoms with Crippen molar-refractivity contribution in [3.63, 3.8) is 0 Å². The average Bonchev–Trinajstić information content (AvgIpc) is 2.75. The molecule has 3 aliphatic rings. The molecule has 0 unspecified atom stereocenters. The lowest BCUT2D eigenvalue weighted by molar-refractivity contribution is 0.146. The molecule has 0 saturated carbocycles. The van der Waals surface area contributed by atoms with E-state index in [2.05, 4.69) is 69.2 Å². The van der Waals surface area contributed by atoms with Gasteiger partial charge in [0.25, 0.3) is 0 Å². The summed E-state index contributed by atoms with van der Waals surface area (Å²) in [7, 11) is 0. The third-order valence-electron chi connectivity index (χ3n) is 6.47. The molecule has 0 bridgehead atoms. The zero-order valence-corrected chi connectivity index (χ0v) is 17.4. The number of pyridine rings is 1. The van der Waals surface area contributed by atoms with Gasteiger partial charge in [-0.05, 0) is 70.8 Å². The predicted octanol–water partition coefficient (Wildman–Crippen LogP) is 3.23. The van der Waals surface area contributed by atoms with E-state index in [0.717, 1.165) is 19.6 Å². The molecular formula is C23H35N5. The van der Waals surface area contributed by atoms with Crippen LogP contribution >= 0.6 is 0 Å². The van der Waals surface area contributed by atoms with Gasteiger partial charge in [0.1, 0.15) is 5.82 Å². The number of hydrogen-bond acceptors (Lipinski definition) is 5. The lowest BCUT2D eigenvalue weighted by atomic mass is 9.98. The molecule has 2 saturated heterocycles. The fourth-order valence-electron chi connectivity index (χ4n) is 4.73. The quantitative estimate of drug-likeness (QED) is 0.847. The minimum Gasteiger partial charge on any atom is -0.358 e. The van der Waals surface area contributed by atoms with Gasteiger partial charge in [0.05, 0.1) is 0 Å². The van der Waals surface area contributed by atoms with Crippen LogP contribution in [-0.4, -0.2) is 65.6 Å². The molecule has 5 heteroatoms. The topological polar surface area (TPSA) is 34.6 Å². The van der Waals surface area contributed by atoms with E-state index in [9.17, 15) is 0 Å². The number of allylic oxidation sites excluding steroid dienone is 2. The molecule has 0 amide bonds. The first-order valence-electron chi connectivity index (χ1n) is 11.0. The fraction of sp³-hybridized carbons (Fsp3) is 0.609. The first-order valence-corrected chi connectivity index (χ1v) is 11.0. The molecule has 0 spiro atoms. The van der Waals surface area contributed by atoms with E-state index >= 15 is 0 Å². The second-order valence-electron chi connectivity index (χ2n) is 8.60. The molecule has 4 rings (SSSR count). The number of rotatable bonds is 5. The largest absolute Gasteiger partial charge is 0.358 e. The summed E-state index contributed by atoms with van der Waals surface area (Å²) >= 11 is 0. The summed E-state index contributed by atoms with van der Waals surface area (Å²) in [6.07, 6.45) is 15.5. The van der Waals surface area contributed by atoms with E-state index in [1.165, 1.54) is 50.3 Å². The summed E-state index contributed by atoms with van der Waals surface area (Å²) in [5.41, 5.74) is 1.22. The average molecular weight is 382 g/mol. The van der Waals surface area contributed by atoms with Crippen LogP contribution < -0.4 is 10.2 Å². The van der Waals surface area contributed by atoms with E-state index in [1.807, 2.05) is 12.4 Å². The van der Waals surface area contributed by atoms with Crippen LogP contribution in [0.5, 0.6) is 0 Å². The van der Waals surface area contributed by atoms with Crippen molar-refractivity contribution < 1.29 is 0 Å². The second kappa shape index (κ2) is 9.10. The Hall–Kier alpha value is -1.85. The van der Waals surface area contributed by atoms with Crippen LogP contribution in [0.25, 0.3) is 0 Å². The summed E-state index contributed by atoms with van der Waals surface area (Å²) < 4.78 is 0. The first-order chi connectivity index (χ1) is 13.7. The van der Waals surface area contributed by atoms with Crippen LogP contribution in [0.2, 0.25) is 0 Å². The highest BCUT2D eigenvalue weighted by Crippen LogP contribution is 2.26. The van der Waals surface area contributed by atoms with Crippen LogP contribution in [-0.2, 0) is 0 Å². The molecule has 0 radical (unpaired) electrons. The lowest BCUT2D eigenvalue weighted by Gasteiger charge is -2.42. The van der Waals surface area contributed by atoms with Crippen molar-refractivity contribution in [2.24, 2.45) is 0 Å². The molecular weight excluding hydrogens is 346 g/mol. The van der Waals surface area contributed by atoms with Crippen molar-refractivity contribution in [2.45, 2.75) is 57.7 Å². The van der Waals surface area contributed by atoms with Gasteiger partial charge < -0.3 is 20.0 Å². The molecule has 0 aliphatic carbocycles. The maximum atomic E-state index is 4.17. The molecule has 1 aromatic rings. The number of nitrogens with one attached hydrogen (secondary N) is 1. The minimum atomic E-state index is 0.668. The third-order valence-corrected chi connectivity index (χ3v) is 6.47. The van der Waals surface area contributed by atoms with Crippen LogP contribution in [0.1, 0.15) is 39.5 Å². The van der Waals surface area contributed by atoms with Gasteiger partial charge in [-0.15, -0.1) is 0 Å². The van der Waals surface area contributed by atoms with Gasteiger partial charge in [0.15, 0.2) is 0 Å². The zero-order chi connectivity index (χ0) is 19.3. The van der Waals surface area contributed by atoms with Crippen LogP contribution in [0.4, 0.5) is 5.69 Å². The summed E-state index contributed by atoms with van der Waals surface area (Å²) in [6, 6.07) is 6.26. The van der Waals surface area contributed by atoms with Crippen molar-refractivity contribution in [2.75, 3.05) is 37.6 Å². The highest BCUT2D eigenvalue weighted by atomic mass is 15.3. The standard InChI is InChI=1S/C23H35N5/c1-19(2)26-15-8-20(9-16-26)25-21-10-17-27(18-11-21)23-5-3-4-14-28(23)22-6-12-24-13-7-22/h3-7,12-13,19-21,25H,8-11,14-18H2,1-2H3. The first kappa shape index (κ1) is 19.5. The smallest absolute Gasteiger partial charge is 0.109 e. The highest BCUT2D eigenvalue weighted by Gasteiger charge is 2.27. The van der Waals surface area contributed by atoms with Gasteiger partial charge in [-0.25, -0.2) is 0 Å². The second-order valence-corrected chi connectivity index (χ2v) is 8.60. The maximum Gasteiger partial charge on any atom is 0.109 e. The van der Waals surface area contributed by atoms with Crippen LogP contribution in [0, 0.1) is 0 Å². The summed E-state index contributed by atoms with van der Waals surface area (Å²) in [5.74, 6) is 1.33. The number of likely N-dealkylation sites (tertiary alicyclic amines) is 2. The molecule has 3 aliphatic heterocycles. The molecule has 5 nitrogen and oxygen atoms in total. The third kappa shape index (κ3) is 4.58. The van der Waals surface area contributed by atoms with E-state index in [0.29, 0.717) is 18.1 Å². The summed E-state index contributed by atoms with van der Waals surface area (Å²) in [4.78, 5) is 11.7. The molecule has 4 heterocycles. The number of nitrogens with zero attached hydrogens (tertiary/aromatic N) is 4. The van der Waals surface area contributed by atoms with Crippen LogP contribution in [0.3, 0.4) is 0 Å². The van der Waals surface area contributed by atoms with Gasteiger partial charge in [0, 0.05) is 55.8 Å². The van der Waals surface area contributed by atoms with Crippen LogP contribution in [0.15, 0.2) is 48.6 Å². The number of aromatic nitrogens is 1. The number of hydrogen-bond donors (Lipinski definition) is 1. The Kier molecular flexibility index (Phi) is 6.33. The molecule has 0 atom stereocenters. The Morgan fingerprint density at radius 3 is 2.25 bits per heavy atom. The minimum absolute atomic E-state index is 0.668. The van der Waals surface area contributed by atoms with Gasteiger partial charge in [-0.3, -0.25) is 4.98 Å². The predicted molar refractivity (Wildman–Crippen MR) is 116 cm³/mol. The normalized spacial score (nSPS) is 22.8. The Labute approximate surface area is 170 Å². The van der Waals surface area contributed by atoms with Gasteiger partial charge in [0.2, 0.25) is 0 Å². The van der Waals surface area contributed by atoms with Crippen molar-refractivity contribution in [1.82, 2.24) is 20.1 Å². The van der Waals surface area contributed by atoms with Gasteiger partial charge >= 0.3 is 0 Å². The van der Waals surface area contributed by atoms with Gasteiger partial charge in [-0.1, -0.05) is 12.2 Å². The van der Waals surface area contributed by atoms with Gasteiger partial charge in [-0.2, -0.15) is 0 Å². The van der Waals surface area contributed by atoms with E-state index in [-0.39, 0.29) is 0 Å². The Morgan fingerprint density at radius 2 is 1.61 bits per heavy atom. The fourth-order valence-corrected chi connectivity index (χ4v) is 4.73. The molecule has 1 N–H and O–H groups in total. The SMILES string of the molecule is CC(C)N1CCC(NC2CCN(C3=CC=CCN3c3ccncc3)CC2)CC1. The highest BCUT2D eigenvalue weighted by molar-refractivity contribution is 5.53. The molecule has 1 aromatic heterocycles. The zero-order valence-electron chi connectivity index (χ0n) is 17.4. The van der Waals surface area contributed by atoms with E-state index < -0.39 is 0 Å². The summed E-state index contributed by atoms with van der Waals surface area (Å²) in [5, 5.41) is 3.97. The van der Waals surface area contributed by atoms with E-state index in [4.69, 9.17) is 0 Å².